The molecule has 0 amide bonds. The molecule has 1 N–H and O–H groups in total. The lowest BCUT2D eigenvalue weighted by Crippen LogP contribution is -1.93. The fourth-order valence-corrected chi connectivity index (χ4v) is 1.87. The van der Waals surface area contributed by atoms with Crippen LogP contribution in [0.25, 0.3) is 11.0 Å². The lowest BCUT2D eigenvalue weighted by Gasteiger charge is -1.99. The van der Waals surface area contributed by atoms with Gasteiger partial charge in [-0.05, 0) is 36.8 Å². The smallest absolute Gasteiger partial charge is 0.178 e. The van der Waals surface area contributed by atoms with Crippen molar-refractivity contribution in [3.05, 3.63) is 41.2 Å². The van der Waals surface area contributed by atoms with Crippen LogP contribution in [-0.2, 0) is 6.54 Å². The first kappa shape index (κ1) is 9.21. The monoisotopic (exact) mass is 204 g/mol. The highest BCUT2D eigenvalue weighted by Gasteiger charge is 2.01. The summed E-state index contributed by atoms with van der Waals surface area (Å²) in [5.74, 6) is 0. The Morgan fingerprint density at radius 1 is 1.57 bits per heavy atom. The van der Waals surface area contributed by atoms with Gasteiger partial charge in [-0.3, -0.25) is 0 Å². The molecule has 1 aromatic heterocycles. The van der Waals surface area contributed by atoms with Crippen LogP contribution in [0.1, 0.15) is 5.56 Å². The Balaban J connectivity index is 2.76. The molecule has 2 rings (SSSR count). The summed E-state index contributed by atoms with van der Waals surface area (Å²) in [7, 11) is 0. The van der Waals surface area contributed by atoms with E-state index in [1.54, 1.807) is 0 Å². The highest BCUT2D eigenvalue weighted by molar-refractivity contribution is 7.71. The number of H-pyrrole nitrogens is 1. The Morgan fingerprint density at radius 3 is 3.07 bits per heavy atom. The number of aromatic amines is 1. The molecule has 1 heterocycles. The van der Waals surface area contributed by atoms with E-state index in [1.165, 1.54) is 5.56 Å². The average Bonchev–Trinajstić information content (AvgIpc) is 2.43. The molecule has 1 aromatic carbocycles. The lowest BCUT2D eigenvalue weighted by molar-refractivity contribution is 0.835. The SMILES string of the molecule is C=CCn1c(=S)[nH]c2cc(C)ccc21. The van der Waals surface area contributed by atoms with Gasteiger partial charge < -0.3 is 9.55 Å². The number of hydrogen-bond donors (Lipinski definition) is 1. The van der Waals surface area contributed by atoms with E-state index in [0.29, 0.717) is 0 Å². The van der Waals surface area contributed by atoms with E-state index < -0.39 is 0 Å². The molecule has 0 spiro atoms. The summed E-state index contributed by atoms with van der Waals surface area (Å²) < 4.78 is 2.79. The molecule has 0 aliphatic heterocycles. The summed E-state index contributed by atoms with van der Waals surface area (Å²) in [6.07, 6.45) is 1.85. The normalized spacial score (nSPS) is 10.6. The second-order valence-corrected chi connectivity index (χ2v) is 3.74. The van der Waals surface area contributed by atoms with E-state index in [2.05, 4.69) is 36.7 Å². The number of hydrogen-bond acceptors (Lipinski definition) is 1. The fourth-order valence-electron chi connectivity index (χ4n) is 1.59. The third-order valence-electron chi connectivity index (χ3n) is 2.24. The Bertz CT molecular complexity index is 534. The predicted molar refractivity (Wildman–Crippen MR) is 62.1 cm³/mol. The van der Waals surface area contributed by atoms with Gasteiger partial charge in [0.05, 0.1) is 11.0 Å². The Kier molecular flexibility index (Phi) is 2.25. The van der Waals surface area contributed by atoms with Gasteiger partial charge in [0.2, 0.25) is 0 Å². The standard InChI is InChI=1S/C11H12N2S/c1-3-6-13-10-5-4-8(2)7-9(10)12-11(13)14/h3-5,7H,1,6H2,2H3,(H,12,14). The van der Waals surface area contributed by atoms with Gasteiger partial charge in [-0.1, -0.05) is 12.1 Å². The van der Waals surface area contributed by atoms with E-state index in [0.717, 1.165) is 22.3 Å². The lowest BCUT2D eigenvalue weighted by atomic mass is 10.2. The van der Waals surface area contributed by atoms with Crippen LogP contribution in [-0.4, -0.2) is 9.55 Å². The van der Waals surface area contributed by atoms with Crippen molar-refractivity contribution in [2.45, 2.75) is 13.5 Å². The number of benzene rings is 1. The third kappa shape index (κ3) is 1.40. The molecular weight excluding hydrogens is 192 g/mol. The first-order valence-electron chi connectivity index (χ1n) is 4.52. The maximum absolute atomic E-state index is 5.22. The number of fused-ring (bicyclic) bond motifs is 1. The number of aromatic nitrogens is 2. The van der Waals surface area contributed by atoms with Crippen molar-refractivity contribution in [1.29, 1.82) is 0 Å². The molecule has 0 saturated carbocycles. The molecule has 0 atom stereocenters. The minimum absolute atomic E-state index is 0.752. The molecule has 0 saturated heterocycles. The number of aryl methyl sites for hydroxylation is 1. The van der Waals surface area contributed by atoms with Gasteiger partial charge >= 0.3 is 0 Å². The number of nitrogens with zero attached hydrogens (tertiary/aromatic N) is 1. The third-order valence-corrected chi connectivity index (χ3v) is 2.56. The zero-order valence-corrected chi connectivity index (χ0v) is 8.90. The van der Waals surface area contributed by atoms with Crippen LogP contribution in [0, 0.1) is 11.7 Å². The van der Waals surface area contributed by atoms with E-state index in [1.807, 2.05) is 10.6 Å². The van der Waals surface area contributed by atoms with Crippen molar-refractivity contribution in [2.75, 3.05) is 0 Å². The van der Waals surface area contributed by atoms with Crippen molar-refractivity contribution in [3.63, 3.8) is 0 Å². The van der Waals surface area contributed by atoms with Crippen molar-refractivity contribution < 1.29 is 0 Å². The van der Waals surface area contributed by atoms with Crippen LogP contribution in [0.15, 0.2) is 30.9 Å². The summed E-state index contributed by atoms with van der Waals surface area (Å²) in [5, 5.41) is 0. The second kappa shape index (κ2) is 3.42. The first-order chi connectivity index (χ1) is 6.72. The maximum atomic E-state index is 5.22. The summed E-state index contributed by atoms with van der Waals surface area (Å²) in [6.45, 7) is 6.54. The first-order valence-corrected chi connectivity index (χ1v) is 4.93. The summed E-state index contributed by atoms with van der Waals surface area (Å²) in [5.41, 5.74) is 3.47. The van der Waals surface area contributed by atoms with E-state index in [9.17, 15) is 0 Å². The number of rotatable bonds is 2. The molecule has 2 aromatic rings. The molecule has 3 heteroatoms. The molecule has 0 aliphatic rings. The van der Waals surface area contributed by atoms with Crippen LogP contribution in [0.5, 0.6) is 0 Å². The summed E-state index contributed by atoms with van der Waals surface area (Å²) >= 11 is 5.22. The zero-order valence-electron chi connectivity index (χ0n) is 8.08. The highest BCUT2D eigenvalue weighted by Crippen LogP contribution is 2.15. The fraction of sp³-hybridized carbons (Fsp3) is 0.182. The molecule has 0 bridgehead atoms. The topological polar surface area (TPSA) is 20.7 Å². The van der Waals surface area contributed by atoms with Crippen molar-refractivity contribution in [3.8, 4) is 0 Å². The van der Waals surface area contributed by atoms with Crippen LogP contribution in [0.4, 0.5) is 0 Å². The van der Waals surface area contributed by atoms with Crippen LogP contribution in [0.3, 0.4) is 0 Å². The molecule has 2 nitrogen and oxygen atoms in total. The molecule has 72 valence electrons. The largest absolute Gasteiger partial charge is 0.331 e. The van der Waals surface area contributed by atoms with Gasteiger partial charge in [0.25, 0.3) is 0 Å². The van der Waals surface area contributed by atoms with Gasteiger partial charge in [-0.25, -0.2) is 0 Å². The minimum Gasteiger partial charge on any atom is -0.331 e. The zero-order chi connectivity index (χ0) is 10.1. The maximum Gasteiger partial charge on any atom is 0.178 e. The van der Waals surface area contributed by atoms with E-state index in [4.69, 9.17) is 12.2 Å². The number of imidazole rings is 1. The second-order valence-electron chi connectivity index (χ2n) is 3.35. The van der Waals surface area contributed by atoms with Gasteiger partial charge in [0.15, 0.2) is 4.77 Å². The summed E-state index contributed by atoms with van der Waals surface area (Å²) in [6, 6.07) is 6.27. The molecule has 0 radical (unpaired) electrons. The van der Waals surface area contributed by atoms with Crippen LogP contribution < -0.4 is 0 Å². The predicted octanol–water partition coefficient (Wildman–Crippen LogP) is 3.19. The van der Waals surface area contributed by atoms with Crippen LogP contribution >= 0.6 is 12.2 Å². The van der Waals surface area contributed by atoms with Gasteiger partial charge in [-0.15, -0.1) is 6.58 Å². The highest BCUT2D eigenvalue weighted by atomic mass is 32.1. The molecule has 0 fully saturated rings. The Labute approximate surface area is 87.9 Å². The minimum atomic E-state index is 0.752. The van der Waals surface area contributed by atoms with E-state index in [-0.39, 0.29) is 0 Å². The molecule has 14 heavy (non-hydrogen) atoms. The Hall–Kier alpha value is -1.35. The van der Waals surface area contributed by atoms with Crippen molar-refractivity contribution in [1.82, 2.24) is 9.55 Å². The molecular formula is C11H12N2S. The molecule has 0 aliphatic carbocycles. The van der Waals surface area contributed by atoms with Crippen LogP contribution in [0.2, 0.25) is 0 Å². The number of nitrogens with one attached hydrogen (secondary N) is 1. The Morgan fingerprint density at radius 2 is 2.36 bits per heavy atom. The van der Waals surface area contributed by atoms with E-state index >= 15 is 0 Å². The van der Waals surface area contributed by atoms with Gasteiger partial charge in [-0.2, -0.15) is 0 Å². The summed E-state index contributed by atoms with van der Waals surface area (Å²) in [4.78, 5) is 3.18. The van der Waals surface area contributed by atoms with Gasteiger partial charge in [0.1, 0.15) is 0 Å². The average molecular weight is 204 g/mol. The molecule has 0 unspecified atom stereocenters. The number of allylic oxidation sites excluding steroid dienone is 1. The quantitative estimate of drug-likeness (QED) is 0.588. The van der Waals surface area contributed by atoms with Gasteiger partial charge in [0, 0.05) is 6.54 Å². The van der Waals surface area contributed by atoms with Crippen molar-refractivity contribution >= 4 is 23.3 Å². The van der Waals surface area contributed by atoms with Crippen molar-refractivity contribution in [2.24, 2.45) is 0 Å².